The molecule has 0 bridgehead atoms. The van der Waals surface area contributed by atoms with Gasteiger partial charge >= 0.3 is 0 Å². The van der Waals surface area contributed by atoms with Crippen LogP contribution >= 0.6 is 27.3 Å². The third kappa shape index (κ3) is 4.99. The Morgan fingerprint density at radius 3 is 2.76 bits per heavy atom. The molecular weight excluding hydrogens is 350 g/mol. The Bertz CT molecular complexity index is 596. The minimum absolute atomic E-state index is 0.145. The van der Waals surface area contributed by atoms with Crippen LogP contribution in [-0.2, 0) is 4.79 Å². The van der Waals surface area contributed by atoms with Gasteiger partial charge in [0.25, 0.3) is 5.91 Å². The Morgan fingerprint density at radius 2 is 2.14 bits per heavy atom. The lowest BCUT2D eigenvalue weighted by atomic mass is 10.2. The van der Waals surface area contributed by atoms with Crippen molar-refractivity contribution < 1.29 is 4.79 Å². The number of carbonyl (C=O) groups excluding carboxylic acids is 1. The summed E-state index contributed by atoms with van der Waals surface area (Å²) < 4.78 is 1.01. The number of benzene rings is 1. The third-order valence-corrected chi connectivity index (χ3v) is 4.16. The lowest BCUT2D eigenvalue weighted by molar-refractivity contribution is -0.121. The second-order valence-corrected chi connectivity index (χ2v) is 6.26. The van der Waals surface area contributed by atoms with E-state index in [0.717, 1.165) is 15.0 Å². The van der Waals surface area contributed by atoms with E-state index >= 15 is 0 Å². The minimum Gasteiger partial charge on any atom is -0.374 e. The second kappa shape index (κ2) is 7.95. The summed E-state index contributed by atoms with van der Waals surface area (Å²) in [5.41, 5.74) is 3.47. The summed E-state index contributed by atoms with van der Waals surface area (Å²) in [5.74, 6) is -0.145. The molecule has 0 saturated heterocycles. The van der Waals surface area contributed by atoms with Gasteiger partial charge in [0.05, 0.1) is 6.21 Å². The quantitative estimate of drug-likeness (QED) is 0.603. The molecule has 0 aliphatic carbocycles. The molecule has 1 aromatic heterocycles. The van der Waals surface area contributed by atoms with Gasteiger partial charge in [0, 0.05) is 15.0 Å². The van der Waals surface area contributed by atoms with Gasteiger partial charge in [0.1, 0.15) is 6.04 Å². The van der Waals surface area contributed by atoms with Crippen LogP contribution in [0.4, 0.5) is 5.69 Å². The second-order valence-electron chi connectivity index (χ2n) is 4.36. The molecule has 0 aliphatic heterocycles. The molecule has 1 unspecified atom stereocenters. The molecule has 0 spiro atoms. The third-order valence-electron chi connectivity index (χ3n) is 2.82. The zero-order chi connectivity index (χ0) is 15.1. The number of hydrazone groups is 1. The van der Waals surface area contributed by atoms with Crippen LogP contribution in [0.3, 0.4) is 0 Å². The number of nitrogens with one attached hydrogen (secondary N) is 2. The molecule has 6 heteroatoms. The molecule has 21 heavy (non-hydrogen) atoms. The van der Waals surface area contributed by atoms with E-state index in [1.165, 1.54) is 0 Å². The molecule has 0 radical (unpaired) electrons. The first-order valence-electron chi connectivity index (χ1n) is 6.57. The van der Waals surface area contributed by atoms with Gasteiger partial charge < -0.3 is 5.32 Å². The lowest BCUT2D eigenvalue weighted by Gasteiger charge is -2.16. The topological polar surface area (TPSA) is 53.5 Å². The number of carbonyl (C=O) groups is 1. The summed E-state index contributed by atoms with van der Waals surface area (Å²) in [6.45, 7) is 1.96. The average Bonchev–Trinajstić information content (AvgIpc) is 3.00. The first kappa shape index (κ1) is 15.7. The van der Waals surface area contributed by atoms with Crippen LogP contribution in [0.25, 0.3) is 0 Å². The van der Waals surface area contributed by atoms with Gasteiger partial charge in [-0.1, -0.05) is 28.9 Å². The van der Waals surface area contributed by atoms with E-state index in [0.29, 0.717) is 6.42 Å². The predicted molar refractivity (Wildman–Crippen MR) is 91.9 cm³/mol. The van der Waals surface area contributed by atoms with Crippen LogP contribution in [0.1, 0.15) is 18.2 Å². The highest BCUT2D eigenvalue weighted by atomic mass is 79.9. The Hall–Kier alpha value is -1.66. The van der Waals surface area contributed by atoms with Gasteiger partial charge in [0.2, 0.25) is 0 Å². The fourth-order valence-corrected chi connectivity index (χ4v) is 2.55. The number of thiophene rings is 1. The number of rotatable bonds is 6. The van der Waals surface area contributed by atoms with Crippen molar-refractivity contribution in [3.8, 4) is 0 Å². The summed E-state index contributed by atoms with van der Waals surface area (Å²) in [6.07, 6.45) is 2.32. The fourth-order valence-electron chi connectivity index (χ4n) is 1.70. The van der Waals surface area contributed by atoms with E-state index in [4.69, 9.17) is 0 Å². The zero-order valence-corrected chi connectivity index (χ0v) is 13.9. The van der Waals surface area contributed by atoms with Crippen molar-refractivity contribution in [2.24, 2.45) is 5.10 Å². The first-order valence-corrected chi connectivity index (χ1v) is 8.25. The number of anilines is 1. The fraction of sp³-hybridized carbons (Fsp3) is 0.200. The summed E-state index contributed by atoms with van der Waals surface area (Å²) in [5, 5.41) is 9.14. The molecule has 1 aromatic carbocycles. The van der Waals surface area contributed by atoms with Crippen LogP contribution in [0.2, 0.25) is 0 Å². The molecule has 1 amide bonds. The van der Waals surface area contributed by atoms with Gasteiger partial charge in [-0.25, -0.2) is 5.43 Å². The van der Waals surface area contributed by atoms with E-state index in [2.05, 4.69) is 31.8 Å². The molecule has 2 N–H and O–H groups in total. The van der Waals surface area contributed by atoms with Crippen LogP contribution in [0, 0.1) is 0 Å². The smallest absolute Gasteiger partial charge is 0.262 e. The molecule has 110 valence electrons. The van der Waals surface area contributed by atoms with Crippen molar-refractivity contribution in [3.05, 3.63) is 51.1 Å². The molecule has 0 saturated carbocycles. The number of hydrogen-bond donors (Lipinski definition) is 2. The van der Waals surface area contributed by atoms with Crippen molar-refractivity contribution >= 4 is 45.1 Å². The SMILES string of the molecule is CCC(Nc1ccc(Br)cc1)C(=O)N/N=C/c1cccs1. The standard InChI is InChI=1S/C15H16BrN3OS/c1-2-14(18-12-7-5-11(16)6-8-12)15(20)19-17-10-13-4-3-9-21-13/h3-10,14,18H,2H2,1H3,(H,19,20)/b17-10+. The first-order chi connectivity index (χ1) is 10.2. The van der Waals surface area contributed by atoms with Crippen LogP contribution in [-0.4, -0.2) is 18.2 Å². The molecule has 2 aromatic rings. The highest BCUT2D eigenvalue weighted by molar-refractivity contribution is 9.10. The van der Waals surface area contributed by atoms with Crippen molar-refractivity contribution in [2.45, 2.75) is 19.4 Å². The van der Waals surface area contributed by atoms with E-state index < -0.39 is 0 Å². The summed E-state index contributed by atoms with van der Waals surface area (Å²) >= 11 is 4.96. The highest BCUT2D eigenvalue weighted by Crippen LogP contribution is 2.15. The summed E-state index contributed by atoms with van der Waals surface area (Å²) in [6, 6.07) is 11.3. The minimum atomic E-state index is -0.313. The Morgan fingerprint density at radius 1 is 1.38 bits per heavy atom. The molecule has 2 rings (SSSR count). The van der Waals surface area contributed by atoms with Gasteiger partial charge in [0.15, 0.2) is 0 Å². The van der Waals surface area contributed by atoms with Crippen LogP contribution < -0.4 is 10.7 Å². The largest absolute Gasteiger partial charge is 0.374 e. The number of amides is 1. The normalized spacial score (nSPS) is 12.3. The Balaban J connectivity index is 1.90. The van der Waals surface area contributed by atoms with E-state index in [1.807, 2.05) is 48.7 Å². The maximum Gasteiger partial charge on any atom is 0.262 e. The van der Waals surface area contributed by atoms with Gasteiger partial charge in [-0.15, -0.1) is 11.3 Å². The van der Waals surface area contributed by atoms with E-state index in [-0.39, 0.29) is 11.9 Å². The molecule has 0 aliphatic rings. The molecule has 1 atom stereocenters. The number of hydrogen-bond acceptors (Lipinski definition) is 4. The monoisotopic (exact) mass is 365 g/mol. The Kier molecular flexibility index (Phi) is 5.95. The summed E-state index contributed by atoms with van der Waals surface area (Å²) in [4.78, 5) is 13.1. The van der Waals surface area contributed by atoms with Crippen LogP contribution in [0.5, 0.6) is 0 Å². The predicted octanol–water partition coefficient (Wildman–Crippen LogP) is 3.85. The maximum absolute atomic E-state index is 12.1. The lowest BCUT2D eigenvalue weighted by Crippen LogP contribution is -2.36. The van der Waals surface area contributed by atoms with E-state index in [9.17, 15) is 4.79 Å². The van der Waals surface area contributed by atoms with Gasteiger partial charge in [-0.3, -0.25) is 4.79 Å². The Labute approximate surface area is 136 Å². The maximum atomic E-state index is 12.1. The zero-order valence-electron chi connectivity index (χ0n) is 11.5. The van der Waals surface area contributed by atoms with Crippen molar-refractivity contribution in [1.29, 1.82) is 0 Å². The molecule has 0 fully saturated rings. The van der Waals surface area contributed by atoms with E-state index in [1.54, 1.807) is 17.6 Å². The number of halogens is 1. The van der Waals surface area contributed by atoms with Crippen molar-refractivity contribution in [2.75, 3.05) is 5.32 Å². The average molecular weight is 366 g/mol. The molecular formula is C15H16BrN3OS. The summed E-state index contributed by atoms with van der Waals surface area (Å²) in [7, 11) is 0. The van der Waals surface area contributed by atoms with Gasteiger partial charge in [-0.2, -0.15) is 5.10 Å². The van der Waals surface area contributed by atoms with Gasteiger partial charge in [-0.05, 0) is 42.1 Å². The van der Waals surface area contributed by atoms with Crippen molar-refractivity contribution in [3.63, 3.8) is 0 Å². The van der Waals surface area contributed by atoms with Crippen LogP contribution in [0.15, 0.2) is 51.4 Å². The molecule has 4 nitrogen and oxygen atoms in total. The molecule has 1 heterocycles. The van der Waals surface area contributed by atoms with Crippen molar-refractivity contribution in [1.82, 2.24) is 5.43 Å². The highest BCUT2D eigenvalue weighted by Gasteiger charge is 2.15. The number of nitrogens with zero attached hydrogens (tertiary/aromatic N) is 1.